The maximum atomic E-state index is 12.2. The highest BCUT2D eigenvalue weighted by Gasteiger charge is 2.19. The monoisotopic (exact) mass is 273 g/mol. The molecule has 1 unspecified atom stereocenters. The third kappa shape index (κ3) is 3.17. The summed E-state index contributed by atoms with van der Waals surface area (Å²) in [6.07, 6.45) is 5.63. The maximum Gasteiger partial charge on any atom is 0.224 e. The number of aromatic nitrogens is 2. The Hall–Kier alpha value is -2.30. The molecule has 0 spiro atoms. The lowest BCUT2D eigenvalue weighted by molar-refractivity contribution is -0.132. The molecule has 2 rings (SSSR count). The van der Waals surface area contributed by atoms with Gasteiger partial charge in [-0.05, 0) is 13.0 Å². The fourth-order valence-corrected chi connectivity index (χ4v) is 2.09. The zero-order chi connectivity index (χ0) is 14.5. The van der Waals surface area contributed by atoms with Gasteiger partial charge in [0.25, 0.3) is 0 Å². The Labute approximate surface area is 118 Å². The van der Waals surface area contributed by atoms with E-state index in [0.29, 0.717) is 13.0 Å². The molecule has 20 heavy (non-hydrogen) atoms. The molecule has 0 bridgehead atoms. The second kappa shape index (κ2) is 6.23. The quantitative estimate of drug-likeness (QED) is 0.908. The second-order valence-electron chi connectivity index (χ2n) is 4.79. The van der Waals surface area contributed by atoms with E-state index in [1.807, 2.05) is 29.8 Å². The topological polar surface area (TPSA) is 58.4 Å². The standard InChI is InChI=1S/C15H19N3O2/c1-12(13-5-3-4-6-14(13)19)17(2)15(20)7-9-18-10-8-16-11-18/h3-6,8,10-12,19H,7,9H2,1-2H3. The molecule has 106 valence electrons. The number of carbonyl (C=O) groups excluding carboxylic acids is 1. The molecule has 1 aromatic carbocycles. The second-order valence-corrected chi connectivity index (χ2v) is 4.79. The van der Waals surface area contributed by atoms with E-state index in [-0.39, 0.29) is 17.7 Å². The summed E-state index contributed by atoms with van der Waals surface area (Å²) in [6, 6.07) is 6.93. The van der Waals surface area contributed by atoms with Gasteiger partial charge in [0.2, 0.25) is 5.91 Å². The van der Waals surface area contributed by atoms with Gasteiger partial charge in [-0.2, -0.15) is 0 Å². The van der Waals surface area contributed by atoms with Gasteiger partial charge in [-0.25, -0.2) is 4.98 Å². The van der Waals surface area contributed by atoms with E-state index in [2.05, 4.69) is 4.98 Å². The summed E-state index contributed by atoms with van der Waals surface area (Å²) >= 11 is 0. The van der Waals surface area contributed by atoms with Gasteiger partial charge >= 0.3 is 0 Å². The van der Waals surface area contributed by atoms with Gasteiger partial charge in [-0.3, -0.25) is 4.79 Å². The highest BCUT2D eigenvalue weighted by molar-refractivity contribution is 5.76. The van der Waals surface area contributed by atoms with Gasteiger partial charge in [0.1, 0.15) is 5.75 Å². The van der Waals surface area contributed by atoms with Crippen molar-refractivity contribution in [1.29, 1.82) is 0 Å². The van der Waals surface area contributed by atoms with Gasteiger partial charge in [0.15, 0.2) is 0 Å². The molecule has 0 radical (unpaired) electrons. The Bertz CT molecular complexity index is 566. The fraction of sp³-hybridized carbons (Fsp3) is 0.333. The number of nitrogens with zero attached hydrogens (tertiary/aromatic N) is 3. The molecular formula is C15H19N3O2. The molecule has 0 fully saturated rings. The van der Waals surface area contributed by atoms with Crippen LogP contribution in [-0.4, -0.2) is 32.5 Å². The third-order valence-electron chi connectivity index (χ3n) is 3.50. The lowest BCUT2D eigenvalue weighted by Crippen LogP contribution is -2.30. The summed E-state index contributed by atoms with van der Waals surface area (Å²) in [7, 11) is 1.76. The summed E-state index contributed by atoms with van der Waals surface area (Å²) in [6.45, 7) is 2.51. The van der Waals surface area contributed by atoms with E-state index in [4.69, 9.17) is 0 Å². The number of para-hydroxylation sites is 1. The minimum atomic E-state index is -0.161. The number of hydrogen-bond acceptors (Lipinski definition) is 3. The Morgan fingerprint density at radius 2 is 2.20 bits per heavy atom. The van der Waals surface area contributed by atoms with Crippen molar-refractivity contribution in [2.24, 2.45) is 0 Å². The van der Waals surface area contributed by atoms with Crippen LogP contribution in [0.1, 0.15) is 24.9 Å². The van der Waals surface area contributed by atoms with Crippen LogP contribution in [0.15, 0.2) is 43.0 Å². The number of phenols is 1. The molecule has 0 aliphatic carbocycles. The molecule has 5 heteroatoms. The largest absolute Gasteiger partial charge is 0.508 e. The van der Waals surface area contributed by atoms with Crippen LogP contribution in [0.5, 0.6) is 5.75 Å². The summed E-state index contributed by atoms with van der Waals surface area (Å²) < 4.78 is 1.87. The summed E-state index contributed by atoms with van der Waals surface area (Å²) in [5, 5.41) is 9.84. The molecule has 1 aromatic heterocycles. The van der Waals surface area contributed by atoms with Crippen LogP contribution in [-0.2, 0) is 11.3 Å². The van der Waals surface area contributed by atoms with E-state index >= 15 is 0 Å². The van der Waals surface area contributed by atoms with Crippen LogP contribution < -0.4 is 0 Å². The van der Waals surface area contributed by atoms with Crippen molar-refractivity contribution >= 4 is 5.91 Å². The molecule has 1 N–H and O–H groups in total. The van der Waals surface area contributed by atoms with Gasteiger partial charge < -0.3 is 14.6 Å². The lowest BCUT2D eigenvalue weighted by atomic mass is 10.1. The molecule has 1 amide bonds. The van der Waals surface area contributed by atoms with E-state index in [9.17, 15) is 9.90 Å². The molecular weight excluding hydrogens is 254 g/mol. The Kier molecular flexibility index (Phi) is 4.40. The Morgan fingerprint density at radius 3 is 2.85 bits per heavy atom. The number of phenolic OH excluding ortho intramolecular Hbond substituents is 1. The first-order chi connectivity index (χ1) is 9.59. The lowest BCUT2D eigenvalue weighted by Gasteiger charge is -2.26. The van der Waals surface area contributed by atoms with Crippen molar-refractivity contribution in [3.63, 3.8) is 0 Å². The molecule has 0 aliphatic rings. The van der Waals surface area contributed by atoms with E-state index < -0.39 is 0 Å². The minimum Gasteiger partial charge on any atom is -0.508 e. The SMILES string of the molecule is CC(c1ccccc1O)N(C)C(=O)CCn1ccnc1. The van der Waals surface area contributed by atoms with Gasteiger partial charge in [0.05, 0.1) is 12.4 Å². The number of imidazole rings is 1. The molecule has 0 saturated carbocycles. The van der Waals surface area contributed by atoms with E-state index in [1.165, 1.54) is 0 Å². The highest BCUT2D eigenvalue weighted by atomic mass is 16.3. The van der Waals surface area contributed by atoms with E-state index in [1.54, 1.807) is 36.6 Å². The Balaban J connectivity index is 1.97. The first-order valence-corrected chi connectivity index (χ1v) is 6.59. The Morgan fingerprint density at radius 1 is 1.45 bits per heavy atom. The normalized spacial score (nSPS) is 12.1. The smallest absolute Gasteiger partial charge is 0.224 e. The number of hydrogen-bond donors (Lipinski definition) is 1. The molecule has 1 atom stereocenters. The third-order valence-corrected chi connectivity index (χ3v) is 3.50. The molecule has 2 aromatic rings. The van der Waals surface area contributed by atoms with E-state index in [0.717, 1.165) is 5.56 Å². The van der Waals surface area contributed by atoms with Crippen molar-refractivity contribution in [3.8, 4) is 5.75 Å². The van der Waals surface area contributed by atoms with Crippen LogP contribution in [0.4, 0.5) is 0 Å². The van der Waals surface area contributed by atoms with Crippen molar-refractivity contribution in [2.75, 3.05) is 7.05 Å². The number of carbonyl (C=O) groups is 1. The van der Waals surface area contributed by atoms with Crippen molar-refractivity contribution < 1.29 is 9.90 Å². The predicted octanol–water partition coefficient (Wildman–Crippen LogP) is 2.20. The zero-order valence-corrected chi connectivity index (χ0v) is 11.7. The summed E-state index contributed by atoms with van der Waals surface area (Å²) in [4.78, 5) is 17.8. The van der Waals surface area contributed by atoms with Crippen LogP contribution >= 0.6 is 0 Å². The van der Waals surface area contributed by atoms with Gasteiger partial charge in [-0.15, -0.1) is 0 Å². The van der Waals surface area contributed by atoms with Crippen LogP contribution in [0.25, 0.3) is 0 Å². The predicted molar refractivity (Wildman–Crippen MR) is 76.1 cm³/mol. The minimum absolute atomic E-state index is 0.0365. The average molecular weight is 273 g/mol. The van der Waals surface area contributed by atoms with Crippen molar-refractivity contribution in [3.05, 3.63) is 48.5 Å². The maximum absolute atomic E-state index is 12.2. The van der Waals surface area contributed by atoms with Crippen molar-refractivity contribution in [2.45, 2.75) is 25.9 Å². The van der Waals surface area contributed by atoms with Gasteiger partial charge in [0, 0.05) is 38.0 Å². The number of aromatic hydroxyl groups is 1. The highest BCUT2D eigenvalue weighted by Crippen LogP contribution is 2.27. The first-order valence-electron chi connectivity index (χ1n) is 6.59. The van der Waals surface area contributed by atoms with Crippen LogP contribution in [0.2, 0.25) is 0 Å². The zero-order valence-electron chi connectivity index (χ0n) is 11.7. The molecule has 0 saturated heterocycles. The summed E-state index contributed by atoms with van der Waals surface area (Å²) in [5.74, 6) is 0.253. The number of benzene rings is 1. The number of amides is 1. The molecule has 5 nitrogen and oxygen atoms in total. The van der Waals surface area contributed by atoms with Crippen LogP contribution in [0.3, 0.4) is 0 Å². The van der Waals surface area contributed by atoms with Crippen LogP contribution in [0, 0.1) is 0 Å². The molecule has 0 aliphatic heterocycles. The number of aryl methyl sites for hydroxylation is 1. The number of rotatable bonds is 5. The van der Waals surface area contributed by atoms with Gasteiger partial charge in [-0.1, -0.05) is 18.2 Å². The average Bonchev–Trinajstić information content (AvgIpc) is 2.97. The van der Waals surface area contributed by atoms with Crippen molar-refractivity contribution in [1.82, 2.24) is 14.5 Å². The summed E-state index contributed by atoms with van der Waals surface area (Å²) in [5.41, 5.74) is 0.756. The first kappa shape index (κ1) is 14.1. The fourth-order valence-electron chi connectivity index (χ4n) is 2.09. The molecule has 1 heterocycles.